The van der Waals surface area contributed by atoms with Crippen LogP contribution in [0.5, 0.6) is 11.5 Å². The third kappa shape index (κ3) is 5.11. The van der Waals surface area contributed by atoms with E-state index >= 15 is 0 Å². The van der Waals surface area contributed by atoms with Crippen LogP contribution < -0.4 is 19.6 Å². The molecule has 3 aromatic rings. The van der Waals surface area contributed by atoms with Gasteiger partial charge in [0.25, 0.3) is 5.56 Å². The molecule has 1 aliphatic heterocycles. The summed E-state index contributed by atoms with van der Waals surface area (Å²) in [7, 11) is 0. The van der Waals surface area contributed by atoms with Gasteiger partial charge < -0.3 is 14.6 Å². The standard InChI is InChI=1S/C26H25BrN2O5S/c1-5-33-25(32)22-15(4)28-26-29(23(22)17-7-9-18(10-8-17)34-14(2)3)24(31)21(35-26)13-16-6-11-20(30)19(27)12-16/h6-14,23,30H,5H2,1-4H3/b21-13+. The van der Waals surface area contributed by atoms with Gasteiger partial charge in [0.1, 0.15) is 11.5 Å². The van der Waals surface area contributed by atoms with Crippen LogP contribution >= 0.6 is 27.3 Å². The second-order valence-corrected chi connectivity index (χ2v) is 10.1. The van der Waals surface area contributed by atoms with Gasteiger partial charge in [-0.3, -0.25) is 9.36 Å². The second-order valence-electron chi connectivity index (χ2n) is 8.25. The van der Waals surface area contributed by atoms with E-state index in [0.717, 1.165) is 11.1 Å². The first-order chi connectivity index (χ1) is 16.7. The number of hydrogen-bond acceptors (Lipinski definition) is 7. The van der Waals surface area contributed by atoms with Gasteiger partial charge in [-0.2, -0.15) is 0 Å². The maximum atomic E-state index is 13.6. The Hall–Kier alpha value is -3.17. The quantitative estimate of drug-likeness (QED) is 0.462. The number of esters is 1. The SMILES string of the molecule is CCOC(=O)C1=C(C)N=c2s/c(=C/c3ccc(O)c(Br)c3)c(=O)n2C1c1ccc(OC(C)C)cc1. The highest BCUT2D eigenvalue weighted by Crippen LogP contribution is 2.32. The smallest absolute Gasteiger partial charge is 0.338 e. The summed E-state index contributed by atoms with van der Waals surface area (Å²) in [6.07, 6.45) is 1.77. The number of phenolic OH excluding ortho intramolecular Hbond substituents is 1. The number of rotatable bonds is 6. The number of thiazole rings is 1. The largest absolute Gasteiger partial charge is 0.507 e. The van der Waals surface area contributed by atoms with Crippen molar-refractivity contribution in [2.75, 3.05) is 6.61 Å². The summed E-state index contributed by atoms with van der Waals surface area (Å²) in [6, 6.07) is 11.7. The summed E-state index contributed by atoms with van der Waals surface area (Å²) >= 11 is 4.55. The minimum Gasteiger partial charge on any atom is -0.507 e. The van der Waals surface area contributed by atoms with Crippen molar-refractivity contribution < 1.29 is 19.4 Å². The molecule has 1 atom stereocenters. The molecule has 1 aliphatic rings. The van der Waals surface area contributed by atoms with Gasteiger partial charge >= 0.3 is 5.97 Å². The number of halogens is 1. The number of aromatic nitrogens is 1. The van der Waals surface area contributed by atoms with Crippen molar-refractivity contribution in [2.45, 2.75) is 39.8 Å². The molecule has 0 fully saturated rings. The lowest BCUT2D eigenvalue weighted by molar-refractivity contribution is -0.139. The number of carbonyl (C=O) groups excluding carboxylic acids is 1. The lowest BCUT2D eigenvalue weighted by Crippen LogP contribution is -2.39. The molecule has 1 unspecified atom stereocenters. The molecule has 1 N–H and O–H groups in total. The van der Waals surface area contributed by atoms with Gasteiger partial charge in [-0.05, 0) is 85.1 Å². The Morgan fingerprint density at radius 2 is 1.97 bits per heavy atom. The van der Waals surface area contributed by atoms with Crippen LogP contribution in [-0.2, 0) is 9.53 Å². The van der Waals surface area contributed by atoms with Gasteiger partial charge in [0.15, 0.2) is 4.80 Å². The zero-order valence-corrected chi connectivity index (χ0v) is 22.1. The Morgan fingerprint density at radius 3 is 2.60 bits per heavy atom. The summed E-state index contributed by atoms with van der Waals surface area (Å²) in [5, 5.41) is 9.78. The Morgan fingerprint density at radius 1 is 1.26 bits per heavy atom. The van der Waals surface area contributed by atoms with Crippen LogP contribution in [0.4, 0.5) is 0 Å². The molecule has 2 heterocycles. The summed E-state index contributed by atoms with van der Waals surface area (Å²) in [5.74, 6) is 0.314. The molecule has 0 saturated carbocycles. The van der Waals surface area contributed by atoms with E-state index in [-0.39, 0.29) is 24.0 Å². The van der Waals surface area contributed by atoms with Crippen molar-refractivity contribution in [1.29, 1.82) is 0 Å². The number of ether oxygens (including phenoxy) is 2. The van der Waals surface area contributed by atoms with Crippen LogP contribution in [0.2, 0.25) is 0 Å². The molecule has 4 rings (SSSR count). The van der Waals surface area contributed by atoms with Crippen molar-refractivity contribution in [2.24, 2.45) is 4.99 Å². The molecule has 0 saturated heterocycles. The number of carbonyl (C=O) groups is 1. The summed E-state index contributed by atoms with van der Waals surface area (Å²) in [5.41, 5.74) is 2.07. The summed E-state index contributed by atoms with van der Waals surface area (Å²) in [6.45, 7) is 7.60. The molecule has 2 aromatic carbocycles. The monoisotopic (exact) mass is 556 g/mol. The molecule has 0 bridgehead atoms. The lowest BCUT2D eigenvalue weighted by atomic mass is 9.96. The van der Waals surface area contributed by atoms with Gasteiger partial charge in [-0.1, -0.05) is 29.5 Å². The van der Waals surface area contributed by atoms with E-state index in [4.69, 9.17) is 9.47 Å². The molecule has 1 aromatic heterocycles. The minimum atomic E-state index is -0.688. The number of phenols is 1. The minimum absolute atomic E-state index is 0.0238. The zero-order chi connectivity index (χ0) is 25.3. The predicted octanol–water partition coefficient (Wildman–Crippen LogP) is 4.05. The molecule has 0 amide bonds. The molecule has 35 heavy (non-hydrogen) atoms. The number of allylic oxidation sites excluding steroid dienone is 1. The highest BCUT2D eigenvalue weighted by atomic mass is 79.9. The van der Waals surface area contributed by atoms with Crippen molar-refractivity contribution in [1.82, 2.24) is 4.57 Å². The van der Waals surface area contributed by atoms with Gasteiger partial charge in [0.05, 0.1) is 39.0 Å². The number of fused-ring (bicyclic) bond motifs is 1. The third-order valence-corrected chi connectivity index (χ3v) is 6.97. The molecule has 0 aliphatic carbocycles. The first kappa shape index (κ1) is 24.9. The fraction of sp³-hybridized carbons (Fsp3) is 0.269. The molecular formula is C26H25BrN2O5S. The fourth-order valence-corrected chi connectivity index (χ4v) is 5.32. The Balaban J connectivity index is 1.89. The zero-order valence-electron chi connectivity index (χ0n) is 19.7. The van der Waals surface area contributed by atoms with Gasteiger partial charge in [-0.15, -0.1) is 0 Å². The Kier molecular flexibility index (Phi) is 7.28. The predicted molar refractivity (Wildman–Crippen MR) is 138 cm³/mol. The van der Waals surface area contributed by atoms with E-state index in [9.17, 15) is 14.7 Å². The lowest BCUT2D eigenvalue weighted by Gasteiger charge is -2.25. The molecule has 0 radical (unpaired) electrons. The normalized spacial score (nSPS) is 15.7. The summed E-state index contributed by atoms with van der Waals surface area (Å²) in [4.78, 5) is 31.7. The van der Waals surface area contributed by atoms with Crippen LogP contribution in [0.15, 0.2) is 68.0 Å². The first-order valence-electron chi connectivity index (χ1n) is 11.1. The maximum absolute atomic E-state index is 13.6. The van der Waals surface area contributed by atoms with E-state index in [2.05, 4.69) is 20.9 Å². The molecule has 7 nitrogen and oxygen atoms in total. The highest BCUT2D eigenvalue weighted by molar-refractivity contribution is 9.10. The highest BCUT2D eigenvalue weighted by Gasteiger charge is 2.33. The molecule has 9 heteroatoms. The second kappa shape index (κ2) is 10.2. The van der Waals surface area contributed by atoms with Crippen molar-refractivity contribution >= 4 is 39.3 Å². The van der Waals surface area contributed by atoms with Crippen molar-refractivity contribution in [3.63, 3.8) is 0 Å². The average Bonchev–Trinajstić information content (AvgIpc) is 3.10. The van der Waals surface area contributed by atoms with Crippen molar-refractivity contribution in [3.05, 3.63) is 89.0 Å². The number of nitrogens with zero attached hydrogens (tertiary/aromatic N) is 2. The number of aromatic hydroxyl groups is 1. The van der Waals surface area contributed by atoms with E-state index < -0.39 is 12.0 Å². The average molecular weight is 557 g/mol. The van der Waals surface area contributed by atoms with Crippen LogP contribution in [0.25, 0.3) is 6.08 Å². The fourth-order valence-electron chi connectivity index (χ4n) is 3.87. The van der Waals surface area contributed by atoms with E-state index in [1.165, 1.54) is 11.3 Å². The third-order valence-electron chi connectivity index (χ3n) is 5.35. The number of hydrogen-bond donors (Lipinski definition) is 1. The number of benzene rings is 2. The molecule has 182 valence electrons. The van der Waals surface area contributed by atoms with Gasteiger partial charge in [0.2, 0.25) is 0 Å². The van der Waals surface area contributed by atoms with Gasteiger partial charge in [-0.25, -0.2) is 9.79 Å². The summed E-state index contributed by atoms with van der Waals surface area (Å²) < 4.78 is 13.6. The van der Waals surface area contributed by atoms with E-state index in [1.807, 2.05) is 38.1 Å². The van der Waals surface area contributed by atoms with Crippen LogP contribution in [-0.4, -0.2) is 28.4 Å². The van der Waals surface area contributed by atoms with E-state index in [0.29, 0.717) is 30.8 Å². The molecular weight excluding hydrogens is 532 g/mol. The van der Waals surface area contributed by atoms with E-state index in [1.54, 1.807) is 42.7 Å². The Labute approximate surface area is 214 Å². The van der Waals surface area contributed by atoms with Crippen LogP contribution in [0.3, 0.4) is 0 Å². The first-order valence-corrected chi connectivity index (χ1v) is 12.7. The van der Waals surface area contributed by atoms with Crippen LogP contribution in [0.1, 0.15) is 44.9 Å². The van der Waals surface area contributed by atoms with Gasteiger partial charge in [0, 0.05) is 0 Å². The van der Waals surface area contributed by atoms with Crippen LogP contribution in [0, 0.1) is 0 Å². The molecule has 0 spiro atoms. The van der Waals surface area contributed by atoms with Crippen molar-refractivity contribution in [3.8, 4) is 11.5 Å². The Bertz CT molecular complexity index is 1490. The topological polar surface area (TPSA) is 90.1 Å². The maximum Gasteiger partial charge on any atom is 0.338 e.